The second-order valence-corrected chi connectivity index (χ2v) is 8.18. The van der Waals surface area contributed by atoms with Crippen LogP contribution in [0.3, 0.4) is 0 Å². The van der Waals surface area contributed by atoms with Crippen LogP contribution in [0.15, 0.2) is 69.6 Å². The van der Waals surface area contributed by atoms with E-state index in [0.29, 0.717) is 27.0 Å². The molecule has 4 aromatic rings. The van der Waals surface area contributed by atoms with E-state index in [4.69, 9.17) is 16.0 Å². The number of thioether (sulfide) groups is 1. The van der Waals surface area contributed by atoms with Crippen LogP contribution >= 0.6 is 34.7 Å². The summed E-state index contributed by atoms with van der Waals surface area (Å²) < 4.78 is 5.70. The fourth-order valence-electron chi connectivity index (χ4n) is 2.61. The van der Waals surface area contributed by atoms with Gasteiger partial charge >= 0.3 is 0 Å². The monoisotopic (exact) mass is 442 g/mol. The van der Waals surface area contributed by atoms with Gasteiger partial charge in [-0.15, -0.1) is 21.5 Å². The smallest absolute Gasteiger partial charge is 0.277 e. The fourth-order valence-corrected chi connectivity index (χ4v) is 4.45. The van der Waals surface area contributed by atoms with Gasteiger partial charge in [0.15, 0.2) is 5.13 Å². The highest BCUT2D eigenvalue weighted by molar-refractivity contribution is 7.98. The predicted molar refractivity (Wildman–Crippen MR) is 116 cm³/mol. The average molecular weight is 443 g/mol. The molecule has 0 spiro atoms. The van der Waals surface area contributed by atoms with Gasteiger partial charge < -0.3 is 4.42 Å². The number of thiazole rings is 1. The third-order valence-electron chi connectivity index (χ3n) is 3.88. The van der Waals surface area contributed by atoms with Crippen molar-refractivity contribution in [1.29, 1.82) is 0 Å². The molecule has 0 radical (unpaired) electrons. The van der Waals surface area contributed by atoms with Crippen molar-refractivity contribution in [2.45, 2.75) is 17.9 Å². The van der Waals surface area contributed by atoms with Crippen LogP contribution in [0.5, 0.6) is 0 Å². The standard InChI is InChI=1S/C20H15ClN4O2S2/c1-13(26)25(17-8-3-2-4-9-17)19-22-16(11-28-19)12-29-20-24-23-18(27-20)14-6-5-7-15(21)10-14/h2-11H,12H2,1H3. The van der Waals surface area contributed by atoms with Crippen molar-refractivity contribution in [2.75, 3.05) is 4.90 Å². The van der Waals surface area contributed by atoms with Gasteiger partial charge in [0.2, 0.25) is 11.8 Å². The Morgan fingerprint density at radius 3 is 2.76 bits per heavy atom. The topological polar surface area (TPSA) is 72.1 Å². The maximum atomic E-state index is 12.1. The molecule has 0 N–H and O–H groups in total. The molecule has 0 atom stereocenters. The van der Waals surface area contributed by atoms with Crippen molar-refractivity contribution < 1.29 is 9.21 Å². The number of nitrogens with zero attached hydrogens (tertiary/aromatic N) is 4. The van der Waals surface area contributed by atoms with Crippen molar-refractivity contribution in [3.63, 3.8) is 0 Å². The minimum absolute atomic E-state index is 0.0900. The molecule has 29 heavy (non-hydrogen) atoms. The van der Waals surface area contributed by atoms with Gasteiger partial charge in [0.25, 0.3) is 5.22 Å². The summed E-state index contributed by atoms with van der Waals surface area (Å²) >= 11 is 8.82. The first-order valence-corrected chi connectivity index (χ1v) is 10.9. The maximum Gasteiger partial charge on any atom is 0.277 e. The zero-order chi connectivity index (χ0) is 20.2. The van der Waals surface area contributed by atoms with E-state index in [0.717, 1.165) is 16.9 Å². The number of amides is 1. The molecule has 4 rings (SSSR count). The van der Waals surface area contributed by atoms with Gasteiger partial charge in [-0.3, -0.25) is 9.69 Å². The third-order valence-corrected chi connectivity index (χ3v) is 5.84. The largest absolute Gasteiger partial charge is 0.411 e. The van der Waals surface area contributed by atoms with Gasteiger partial charge in [-0.05, 0) is 30.3 Å². The molecule has 0 fully saturated rings. The first kappa shape index (κ1) is 19.6. The summed E-state index contributed by atoms with van der Waals surface area (Å²) in [5.41, 5.74) is 2.39. The molecule has 0 saturated carbocycles. The van der Waals surface area contributed by atoms with Crippen LogP contribution < -0.4 is 4.90 Å². The zero-order valence-corrected chi connectivity index (χ0v) is 17.7. The number of aromatic nitrogens is 3. The SMILES string of the molecule is CC(=O)N(c1ccccc1)c1nc(CSc2nnc(-c3cccc(Cl)c3)o2)cs1. The highest BCUT2D eigenvalue weighted by atomic mass is 35.5. The molecular weight excluding hydrogens is 428 g/mol. The Hall–Kier alpha value is -2.68. The number of carbonyl (C=O) groups is 1. The first-order chi connectivity index (χ1) is 14.1. The molecule has 0 aliphatic rings. The summed E-state index contributed by atoms with van der Waals surface area (Å²) in [6.07, 6.45) is 0. The molecule has 2 aromatic carbocycles. The Bertz CT molecular complexity index is 1130. The summed E-state index contributed by atoms with van der Waals surface area (Å²) in [6, 6.07) is 16.7. The van der Waals surface area contributed by atoms with Gasteiger partial charge in [0.05, 0.1) is 11.4 Å². The van der Waals surface area contributed by atoms with E-state index in [9.17, 15) is 4.79 Å². The third kappa shape index (κ3) is 4.67. The van der Waals surface area contributed by atoms with E-state index in [1.54, 1.807) is 17.0 Å². The summed E-state index contributed by atoms with van der Waals surface area (Å²) in [5, 5.41) is 11.7. The van der Waals surface area contributed by atoms with Crippen LogP contribution in [0.4, 0.5) is 10.8 Å². The lowest BCUT2D eigenvalue weighted by molar-refractivity contribution is -0.115. The molecule has 9 heteroatoms. The van der Waals surface area contributed by atoms with Crippen molar-refractivity contribution in [3.05, 3.63) is 70.7 Å². The molecule has 2 aromatic heterocycles. The van der Waals surface area contributed by atoms with E-state index in [1.165, 1.54) is 30.0 Å². The quantitative estimate of drug-likeness (QED) is 0.350. The first-order valence-electron chi connectivity index (χ1n) is 8.62. The maximum absolute atomic E-state index is 12.1. The number of halogens is 1. The van der Waals surface area contributed by atoms with E-state index in [2.05, 4.69) is 15.2 Å². The van der Waals surface area contributed by atoms with E-state index in [-0.39, 0.29) is 5.91 Å². The van der Waals surface area contributed by atoms with Crippen LogP contribution in [0.1, 0.15) is 12.6 Å². The Balaban J connectivity index is 1.45. The van der Waals surface area contributed by atoms with Crippen LogP contribution in [-0.4, -0.2) is 21.1 Å². The van der Waals surface area contributed by atoms with Gasteiger partial charge in [0.1, 0.15) is 0 Å². The van der Waals surface area contributed by atoms with E-state index < -0.39 is 0 Å². The molecule has 0 unspecified atom stereocenters. The lowest BCUT2D eigenvalue weighted by atomic mass is 10.2. The summed E-state index contributed by atoms with van der Waals surface area (Å²) in [5.74, 6) is 0.877. The van der Waals surface area contributed by atoms with Crippen molar-refractivity contribution in [3.8, 4) is 11.5 Å². The Morgan fingerprint density at radius 1 is 1.17 bits per heavy atom. The number of carbonyl (C=O) groups excluding carboxylic acids is 1. The minimum Gasteiger partial charge on any atom is -0.411 e. The normalized spacial score (nSPS) is 10.8. The van der Waals surface area contributed by atoms with E-state index in [1.807, 2.05) is 47.8 Å². The van der Waals surface area contributed by atoms with Crippen molar-refractivity contribution in [2.24, 2.45) is 0 Å². The molecule has 6 nitrogen and oxygen atoms in total. The second kappa shape index (κ2) is 8.77. The molecule has 1 amide bonds. The molecule has 0 aliphatic carbocycles. The van der Waals surface area contributed by atoms with Crippen LogP contribution in [0.25, 0.3) is 11.5 Å². The second-order valence-electron chi connectivity index (χ2n) is 5.98. The van der Waals surface area contributed by atoms with Gasteiger partial charge in [0, 0.05) is 28.6 Å². The Labute approximate surface area is 180 Å². The minimum atomic E-state index is -0.0900. The number of para-hydroxylation sites is 1. The summed E-state index contributed by atoms with van der Waals surface area (Å²) in [4.78, 5) is 18.3. The Kier molecular flexibility index (Phi) is 5.94. The molecule has 0 aliphatic heterocycles. The number of rotatable bonds is 6. The zero-order valence-electron chi connectivity index (χ0n) is 15.3. The van der Waals surface area contributed by atoms with Crippen LogP contribution in [-0.2, 0) is 10.5 Å². The molecular formula is C20H15ClN4O2S2. The average Bonchev–Trinajstić information content (AvgIpc) is 3.37. The number of hydrogen-bond donors (Lipinski definition) is 0. The van der Waals surface area contributed by atoms with Crippen LogP contribution in [0.2, 0.25) is 5.02 Å². The summed E-state index contributed by atoms with van der Waals surface area (Å²) in [7, 11) is 0. The van der Waals surface area contributed by atoms with E-state index >= 15 is 0 Å². The Morgan fingerprint density at radius 2 is 2.00 bits per heavy atom. The van der Waals surface area contributed by atoms with Crippen LogP contribution in [0, 0.1) is 0 Å². The highest BCUT2D eigenvalue weighted by Gasteiger charge is 2.18. The number of anilines is 2. The molecule has 146 valence electrons. The summed E-state index contributed by atoms with van der Waals surface area (Å²) in [6.45, 7) is 1.53. The molecule has 2 heterocycles. The lowest BCUT2D eigenvalue weighted by Crippen LogP contribution is -2.22. The molecule has 0 bridgehead atoms. The predicted octanol–water partition coefficient (Wildman–Crippen LogP) is 5.82. The van der Waals surface area contributed by atoms with Gasteiger partial charge in [-0.2, -0.15) is 0 Å². The lowest BCUT2D eigenvalue weighted by Gasteiger charge is -2.17. The molecule has 0 saturated heterocycles. The van der Waals surface area contributed by atoms with Gasteiger partial charge in [-0.1, -0.05) is 47.6 Å². The number of benzene rings is 2. The van der Waals surface area contributed by atoms with Gasteiger partial charge in [-0.25, -0.2) is 4.98 Å². The van der Waals surface area contributed by atoms with Crippen molar-refractivity contribution in [1.82, 2.24) is 15.2 Å². The van der Waals surface area contributed by atoms with Crippen molar-refractivity contribution >= 4 is 51.4 Å². The number of hydrogen-bond acceptors (Lipinski definition) is 7. The highest BCUT2D eigenvalue weighted by Crippen LogP contribution is 2.31. The fraction of sp³-hybridized carbons (Fsp3) is 0.100.